The number of hydrogen-bond acceptors (Lipinski definition) is 5. The lowest BCUT2D eigenvalue weighted by Crippen LogP contribution is -2.13. The van der Waals surface area contributed by atoms with E-state index in [1.165, 1.54) is 6.07 Å². The van der Waals surface area contributed by atoms with Crippen molar-refractivity contribution in [3.05, 3.63) is 54.1 Å². The summed E-state index contributed by atoms with van der Waals surface area (Å²) >= 11 is 0. The normalized spacial score (nSPS) is 11.5. The van der Waals surface area contributed by atoms with Crippen LogP contribution in [0.2, 0.25) is 0 Å². The maximum absolute atomic E-state index is 11.6. The van der Waals surface area contributed by atoms with E-state index in [1.807, 2.05) is 30.3 Å². The van der Waals surface area contributed by atoms with Crippen LogP contribution in [0.4, 0.5) is 0 Å². The second-order valence-corrected chi connectivity index (χ2v) is 6.33. The molecule has 2 aromatic carbocycles. The molecule has 7 heteroatoms. The van der Waals surface area contributed by atoms with Crippen molar-refractivity contribution in [2.75, 3.05) is 0 Å². The molecule has 1 heterocycles. The van der Waals surface area contributed by atoms with Gasteiger partial charge in [-0.2, -0.15) is 0 Å². The Kier molecular flexibility index (Phi) is 3.51. The minimum absolute atomic E-state index is 0.0458. The highest BCUT2D eigenvalue weighted by Gasteiger charge is 2.16. The average molecular weight is 315 g/mol. The second kappa shape index (κ2) is 5.36. The zero-order chi connectivity index (χ0) is 15.7. The van der Waals surface area contributed by atoms with Gasteiger partial charge in [0.2, 0.25) is 21.8 Å². The van der Waals surface area contributed by atoms with Gasteiger partial charge < -0.3 is 4.42 Å². The number of hydrogen-bond donors (Lipinski definition) is 1. The van der Waals surface area contributed by atoms with Gasteiger partial charge in [0.25, 0.3) is 0 Å². The van der Waals surface area contributed by atoms with Gasteiger partial charge >= 0.3 is 0 Å². The molecule has 0 unspecified atom stereocenters. The highest BCUT2D eigenvalue weighted by atomic mass is 32.2. The second-order valence-electron chi connectivity index (χ2n) is 4.80. The van der Waals surface area contributed by atoms with Crippen LogP contribution in [0, 0.1) is 6.92 Å². The van der Waals surface area contributed by atoms with Gasteiger partial charge in [-0.25, -0.2) is 13.6 Å². The molecule has 0 saturated carbocycles. The molecule has 0 aliphatic rings. The van der Waals surface area contributed by atoms with E-state index in [0.717, 1.165) is 5.56 Å². The third-order valence-electron chi connectivity index (χ3n) is 3.19. The summed E-state index contributed by atoms with van der Waals surface area (Å²) in [6.45, 7) is 1.67. The predicted molar refractivity (Wildman–Crippen MR) is 81.3 cm³/mol. The summed E-state index contributed by atoms with van der Waals surface area (Å²) in [5.41, 5.74) is 1.86. The third kappa shape index (κ3) is 2.76. The molecule has 0 spiro atoms. The quantitative estimate of drug-likeness (QED) is 0.800. The van der Waals surface area contributed by atoms with Gasteiger partial charge in [-0.3, -0.25) is 0 Å². The molecular formula is C15H13N3O3S. The molecule has 0 saturated heterocycles. The van der Waals surface area contributed by atoms with Crippen LogP contribution in [0.1, 0.15) is 5.56 Å². The summed E-state index contributed by atoms with van der Waals surface area (Å²) in [5, 5.41) is 13.1. The maximum Gasteiger partial charge on any atom is 0.248 e. The number of primary sulfonamides is 1. The lowest BCUT2D eigenvalue weighted by molar-refractivity contribution is 0.584. The van der Waals surface area contributed by atoms with E-state index >= 15 is 0 Å². The highest BCUT2D eigenvalue weighted by Crippen LogP contribution is 2.26. The van der Waals surface area contributed by atoms with Crippen molar-refractivity contribution < 1.29 is 12.8 Å². The Balaban J connectivity index is 2.05. The van der Waals surface area contributed by atoms with Gasteiger partial charge in [0.1, 0.15) is 0 Å². The topological polar surface area (TPSA) is 99.1 Å². The number of aryl methyl sites for hydroxylation is 1. The van der Waals surface area contributed by atoms with Crippen molar-refractivity contribution in [1.82, 2.24) is 10.2 Å². The maximum atomic E-state index is 11.6. The van der Waals surface area contributed by atoms with Crippen LogP contribution < -0.4 is 5.14 Å². The fourth-order valence-corrected chi connectivity index (χ4v) is 2.88. The Morgan fingerprint density at radius 3 is 2.23 bits per heavy atom. The molecule has 6 nitrogen and oxygen atoms in total. The number of aromatic nitrogens is 2. The monoisotopic (exact) mass is 315 g/mol. The predicted octanol–water partition coefficient (Wildman–Crippen LogP) is 2.36. The highest BCUT2D eigenvalue weighted by molar-refractivity contribution is 7.89. The van der Waals surface area contributed by atoms with Crippen molar-refractivity contribution in [2.24, 2.45) is 5.14 Å². The van der Waals surface area contributed by atoms with E-state index < -0.39 is 10.0 Å². The summed E-state index contributed by atoms with van der Waals surface area (Å²) in [5.74, 6) is 0.608. The van der Waals surface area contributed by atoms with Crippen LogP contribution in [0.25, 0.3) is 22.9 Å². The van der Waals surface area contributed by atoms with E-state index in [0.29, 0.717) is 17.0 Å². The smallest absolute Gasteiger partial charge is 0.248 e. The van der Waals surface area contributed by atoms with Crippen LogP contribution in [-0.4, -0.2) is 18.6 Å². The number of rotatable bonds is 3. The van der Waals surface area contributed by atoms with Gasteiger partial charge in [0, 0.05) is 11.1 Å². The number of nitrogens with zero attached hydrogens (tertiary/aromatic N) is 2. The van der Waals surface area contributed by atoms with E-state index in [9.17, 15) is 8.42 Å². The molecule has 2 N–H and O–H groups in total. The molecule has 112 valence electrons. The molecule has 0 aliphatic heterocycles. The molecule has 3 aromatic rings. The fourth-order valence-electron chi connectivity index (χ4n) is 2.08. The molecule has 22 heavy (non-hydrogen) atoms. The van der Waals surface area contributed by atoms with Crippen LogP contribution in [0.3, 0.4) is 0 Å². The Bertz CT molecular complexity index is 918. The first-order chi connectivity index (χ1) is 10.4. The summed E-state index contributed by atoms with van der Waals surface area (Å²) in [4.78, 5) is 0.0458. The Hall–Kier alpha value is -2.51. The van der Waals surface area contributed by atoms with E-state index in [1.54, 1.807) is 19.1 Å². The van der Waals surface area contributed by atoms with Crippen LogP contribution >= 0.6 is 0 Å². The molecule has 1 aromatic heterocycles. The first kappa shape index (κ1) is 14.4. The van der Waals surface area contributed by atoms with Crippen molar-refractivity contribution in [2.45, 2.75) is 11.8 Å². The first-order valence-electron chi connectivity index (χ1n) is 6.48. The molecule has 0 aliphatic carbocycles. The molecule has 0 amide bonds. The Morgan fingerprint density at radius 2 is 1.59 bits per heavy atom. The lowest BCUT2D eigenvalue weighted by atomic mass is 10.1. The lowest BCUT2D eigenvalue weighted by Gasteiger charge is -2.04. The van der Waals surface area contributed by atoms with Gasteiger partial charge in [0.05, 0.1) is 4.90 Å². The average Bonchev–Trinajstić information content (AvgIpc) is 2.97. The first-order valence-corrected chi connectivity index (χ1v) is 8.02. The molecular weight excluding hydrogens is 302 g/mol. The molecule has 3 rings (SSSR count). The van der Waals surface area contributed by atoms with Crippen molar-refractivity contribution in [1.29, 1.82) is 0 Å². The number of sulfonamides is 1. The summed E-state index contributed by atoms with van der Waals surface area (Å²) in [6, 6.07) is 14.1. The zero-order valence-corrected chi connectivity index (χ0v) is 12.5. The van der Waals surface area contributed by atoms with Crippen LogP contribution in [-0.2, 0) is 10.0 Å². The molecule has 0 atom stereocenters. The minimum atomic E-state index is -3.80. The SMILES string of the molecule is Cc1ccc(-c2nnc(-c3ccccc3)o2)cc1S(N)(=O)=O. The standard InChI is InChI=1S/C15H13N3O3S/c1-10-7-8-12(9-13(10)22(16,19)20)15-18-17-14(21-15)11-5-3-2-4-6-11/h2-9H,1H3,(H2,16,19,20). The third-order valence-corrected chi connectivity index (χ3v) is 4.24. The fraction of sp³-hybridized carbons (Fsp3) is 0.0667. The van der Waals surface area contributed by atoms with Gasteiger partial charge in [0.15, 0.2) is 0 Å². The minimum Gasteiger partial charge on any atom is -0.416 e. The van der Waals surface area contributed by atoms with Crippen molar-refractivity contribution in [3.8, 4) is 22.9 Å². The summed E-state index contributed by atoms with van der Waals surface area (Å²) in [6.07, 6.45) is 0. The summed E-state index contributed by atoms with van der Waals surface area (Å²) in [7, 11) is -3.80. The largest absolute Gasteiger partial charge is 0.416 e. The Labute approximate surface area is 127 Å². The van der Waals surface area contributed by atoms with Gasteiger partial charge in [-0.15, -0.1) is 10.2 Å². The van der Waals surface area contributed by atoms with E-state index in [2.05, 4.69) is 10.2 Å². The number of nitrogens with two attached hydrogens (primary N) is 1. The van der Waals surface area contributed by atoms with E-state index in [-0.39, 0.29) is 10.8 Å². The van der Waals surface area contributed by atoms with Crippen LogP contribution in [0.15, 0.2) is 57.8 Å². The number of benzene rings is 2. The van der Waals surface area contributed by atoms with Crippen LogP contribution in [0.5, 0.6) is 0 Å². The zero-order valence-electron chi connectivity index (χ0n) is 11.7. The molecule has 0 radical (unpaired) electrons. The molecule has 0 fully saturated rings. The van der Waals surface area contributed by atoms with E-state index in [4.69, 9.17) is 9.56 Å². The summed E-state index contributed by atoms with van der Waals surface area (Å²) < 4.78 is 28.8. The van der Waals surface area contributed by atoms with Gasteiger partial charge in [-0.05, 0) is 36.8 Å². The van der Waals surface area contributed by atoms with Gasteiger partial charge in [-0.1, -0.05) is 24.3 Å². The van der Waals surface area contributed by atoms with Crippen molar-refractivity contribution >= 4 is 10.0 Å². The van der Waals surface area contributed by atoms with Crippen molar-refractivity contribution in [3.63, 3.8) is 0 Å². The molecule has 0 bridgehead atoms. The Morgan fingerprint density at radius 1 is 0.955 bits per heavy atom.